The molecule has 7 nitrogen and oxygen atoms in total. The summed E-state index contributed by atoms with van der Waals surface area (Å²) in [4.78, 5) is 34.5. The first-order valence-electron chi connectivity index (χ1n) is 5.62. The zero-order valence-electron chi connectivity index (χ0n) is 11.2. The van der Waals surface area contributed by atoms with E-state index < -0.39 is 36.0 Å². The number of nitrogens with two attached hydrogens (primary N) is 1. The van der Waals surface area contributed by atoms with E-state index in [0.717, 1.165) is 0 Å². The molecule has 1 atom stereocenters. The number of hydrogen-bond acceptors (Lipinski definition) is 3. The summed E-state index contributed by atoms with van der Waals surface area (Å²) in [5, 5.41) is 11.3. The molecule has 3 amide bonds. The number of rotatable bonds is 5. The molecule has 0 saturated heterocycles. The molecule has 0 aliphatic rings. The highest BCUT2D eigenvalue weighted by Crippen LogP contribution is 2.13. The number of carboxylic acid groups (broad SMARTS) is 1. The largest absolute Gasteiger partial charge is 0.480 e. The minimum absolute atomic E-state index is 0.0107. The van der Waals surface area contributed by atoms with E-state index in [1.54, 1.807) is 27.7 Å². The van der Waals surface area contributed by atoms with Crippen LogP contribution in [-0.4, -0.2) is 46.0 Å². The Morgan fingerprint density at radius 2 is 1.83 bits per heavy atom. The summed E-state index contributed by atoms with van der Waals surface area (Å²) >= 11 is 0. The number of aliphatic carboxylic acids is 1. The summed E-state index contributed by atoms with van der Waals surface area (Å²) in [6, 6.07) is -0.965. The molecule has 0 aromatic carbocycles. The third kappa shape index (κ3) is 6.07. The lowest BCUT2D eigenvalue weighted by atomic mass is 10.1. The van der Waals surface area contributed by atoms with Crippen molar-refractivity contribution in [1.29, 1.82) is 0 Å². The monoisotopic (exact) mass is 259 g/mol. The molecule has 4 N–H and O–H groups in total. The van der Waals surface area contributed by atoms with E-state index in [1.165, 1.54) is 4.90 Å². The Kier molecular flexibility index (Phi) is 5.61. The molecule has 7 heteroatoms. The van der Waals surface area contributed by atoms with E-state index >= 15 is 0 Å². The lowest BCUT2D eigenvalue weighted by Crippen LogP contribution is -2.54. The number of urea groups is 1. The van der Waals surface area contributed by atoms with Crippen molar-refractivity contribution in [3.8, 4) is 0 Å². The lowest BCUT2D eigenvalue weighted by molar-refractivity contribution is -0.138. The van der Waals surface area contributed by atoms with Crippen molar-refractivity contribution in [3.05, 3.63) is 0 Å². The number of primary amides is 1. The Labute approximate surface area is 106 Å². The first-order chi connectivity index (χ1) is 8.04. The van der Waals surface area contributed by atoms with Gasteiger partial charge in [0.05, 0.1) is 0 Å². The third-order valence-electron chi connectivity index (χ3n) is 2.23. The van der Waals surface area contributed by atoms with Crippen LogP contribution in [0.4, 0.5) is 4.79 Å². The fourth-order valence-corrected chi connectivity index (χ4v) is 1.39. The molecule has 0 aliphatic carbocycles. The van der Waals surface area contributed by atoms with Crippen LogP contribution >= 0.6 is 0 Å². The van der Waals surface area contributed by atoms with Crippen LogP contribution in [0.5, 0.6) is 0 Å². The van der Waals surface area contributed by atoms with Crippen molar-refractivity contribution < 1.29 is 19.5 Å². The standard InChI is InChI=1S/C11H21N3O4/c1-7(5-8(12)15)13-10(18)14(6-9(16)17)11(2,3)4/h7H,5-6H2,1-4H3,(H2,12,15)(H,13,18)(H,16,17). The van der Waals surface area contributed by atoms with Gasteiger partial charge in [0.25, 0.3) is 0 Å². The average molecular weight is 259 g/mol. The SMILES string of the molecule is CC(CC(N)=O)NC(=O)N(CC(=O)O)C(C)(C)C. The van der Waals surface area contributed by atoms with Crippen LogP contribution in [0.1, 0.15) is 34.1 Å². The van der Waals surface area contributed by atoms with Crippen molar-refractivity contribution in [2.75, 3.05) is 6.54 Å². The van der Waals surface area contributed by atoms with Gasteiger partial charge < -0.3 is 21.1 Å². The van der Waals surface area contributed by atoms with Gasteiger partial charge in [-0.05, 0) is 27.7 Å². The minimum Gasteiger partial charge on any atom is -0.480 e. The summed E-state index contributed by atoms with van der Waals surface area (Å²) in [6.45, 7) is 6.42. The Bertz CT molecular complexity index is 336. The maximum absolute atomic E-state index is 11.9. The van der Waals surface area contributed by atoms with Crippen LogP contribution in [0, 0.1) is 0 Å². The summed E-state index contributed by atoms with van der Waals surface area (Å²) in [6.07, 6.45) is 0.0107. The van der Waals surface area contributed by atoms with Gasteiger partial charge in [-0.25, -0.2) is 4.79 Å². The molecule has 0 rings (SSSR count). The predicted octanol–water partition coefficient (Wildman–Crippen LogP) is 0.145. The second-order valence-electron chi connectivity index (χ2n) is 5.17. The molecule has 1 unspecified atom stereocenters. The van der Waals surface area contributed by atoms with E-state index in [0.29, 0.717) is 0 Å². The quantitative estimate of drug-likeness (QED) is 0.652. The highest BCUT2D eigenvalue weighted by atomic mass is 16.4. The fraction of sp³-hybridized carbons (Fsp3) is 0.727. The predicted molar refractivity (Wildman–Crippen MR) is 65.9 cm³/mol. The van der Waals surface area contributed by atoms with E-state index in [1.807, 2.05) is 0 Å². The second-order valence-corrected chi connectivity index (χ2v) is 5.17. The summed E-state index contributed by atoms with van der Waals surface area (Å²) in [5.41, 5.74) is 4.38. The topological polar surface area (TPSA) is 113 Å². The molecular formula is C11H21N3O4. The van der Waals surface area contributed by atoms with Gasteiger partial charge in [-0.3, -0.25) is 9.59 Å². The number of nitrogens with one attached hydrogen (secondary N) is 1. The zero-order valence-corrected chi connectivity index (χ0v) is 11.2. The Morgan fingerprint density at radius 3 is 2.17 bits per heavy atom. The molecule has 0 bridgehead atoms. The number of carbonyl (C=O) groups excluding carboxylic acids is 2. The normalized spacial score (nSPS) is 12.7. The van der Waals surface area contributed by atoms with Crippen molar-refractivity contribution in [2.45, 2.75) is 45.7 Å². The zero-order chi connectivity index (χ0) is 14.5. The summed E-state index contributed by atoms with van der Waals surface area (Å²) < 4.78 is 0. The van der Waals surface area contributed by atoms with Gasteiger partial charge >= 0.3 is 12.0 Å². The van der Waals surface area contributed by atoms with Gasteiger partial charge in [-0.2, -0.15) is 0 Å². The average Bonchev–Trinajstić information content (AvgIpc) is 2.09. The van der Waals surface area contributed by atoms with E-state index in [2.05, 4.69) is 5.32 Å². The summed E-state index contributed by atoms with van der Waals surface area (Å²) in [7, 11) is 0. The van der Waals surface area contributed by atoms with Gasteiger partial charge in [0, 0.05) is 18.0 Å². The van der Waals surface area contributed by atoms with Crippen LogP contribution in [0.2, 0.25) is 0 Å². The van der Waals surface area contributed by atoms with E-state index in [4.69, 9.17) is 10.8 Å². The molecule has 0 spiro atoms. The van der Waals surface area contributed by atoms with Crippen molar-refractivity contribution >= 4 is 17.9 Å². The first-order valence-corrected chi connectivity index (χ1v) is 5.62. The fourth-order valence-electron chi connectivity index (χ4n) is 1.39. The minimum atomic E-state index is -1.09. The molecule has 0 aromatic heterocycles. The Balaban J connectivity index is 4.67. The third-order valence-corrected chi connectivity index (χ3v) is 2.23. The molecule has 18 heavy (non-hydrogen) atoms. The van der Waals surface area contributed by atoms with Crippen molar-refractivity contribution in [3.63, 3.8) is 0 Å². The van der Waals surface area contributed by atoms with Crippen LogP contribution in [0.3, 0.4) is 0 Å². The maximum Gasteiger partial charge on any atom is 0.323 e. The first kappa shape index (κ1) is 16.2. The van der Waals surface area contributed by atoms with Gasteiger partial charge in [0.15, 0.2) is 0 Å². The number of hydrogen-bond donors (Lipinski definition) is 3. The lowest BCUT2D eigenvalue weighted by Gasteiger charge is -2.35. The number of nitrogens with zero attached hydrogens (tertiary/aromatic N) is 1. The molecule has 0 radical (unpaired) electrons. The Hall–Kier alpha value is -1.79. The van der Waals surface area contributed by atoms with Crippen LogP contribution in [-0.2, 0) is 9.59 Å². The maximum atomic E-state index is 11.9. The van der Waals surface area contributed by atoms with Gasteiger partial charge in [-0.15, -0.1) is 0 Å². The van der Waals surface area contributed by atoms with Gasteiger partial charge in [0.1, 0.15) is 6.54 Å². The van der Waals surface area contributed by atoms with Gasteiger partial charge in [0.2, 0.25) is 5.91 Å². The molecule has 0 saturated carbocycles. The smallest absolute Gasteiger partial charge is 0.323 e. The van der Waals surface area contributed by atoms with Crippen molar-refractivity contribution in [1.82, 2.24) is 10.2 Å². The second kappa shape index (κ2) is 6.23. The molecule has 0 heterocycles. The summed E-state index contributed by atoms with van der Waals surface area (Å²) in [5.74, 6) is -1.62. The van der Waals surface area contributed by atoms with E-state index in [9.17, 15) is 14.4 Å². The number of carbonyl (C=O) groups is 3. The molecule has 104 valence electrons. The van der Waals surface area contributed by atoms with Crippen LogP contribution < -0.4 is 11.1 Å². The molecule has 0 aliphatic heterocycles. The molecule has 0 aromatic rings. The van der Waals surface area contributed by atoms with Crippen LogP contribution in [0.15, 0.2) is 0 Å². The highest BCUT2D eigenvalue weighted by Gasteiger charge is 2.29. The van der Waals surface area contributed by atoms with Crippen LogP contribution in [0.25, 0.3) is 0 Å². The Morgan fingerprint density at radius 1 is 1.33 bits per heavy atom. The number of carboxylic acids is 1. The van der Waals surface area contributed by atoms with Crippen molar-refractivity contribution in [2.24, 2.45) is 5.73 Å². The molecule has 0 fully saturated rings. The van der Waals surface area contributed by atoms with Gasteiger partial charge in [-0.1, -0.05) is 0 Å². The molecular weight excluding hydrogens is 238 g/mol. The highest BCUT2D eigenvalue weighted by molar-refractivity contribution is 5.81. The number of amides is 3. The van der Waals surface area contributed by atoms with E-state index in [-0.39, 0.29) is 6.42 Å².